The van der Waals surface area contributed by atoms with Gasteiger partial charge in [0.1, 0.15) is 17.2 Å². The zero-order valence-corrected chi connectivity index (χ0v) is 20.7. The van der Waals surface area contributed by atoms with Gasteiger partial charge in [-0.15, -0.1) is 0 Å². The van der Waals surface area contributed by atoms with Crippen LogP contribution in [0.1, 0.15) is 13.8 Å². The van der Waals surface area contributed by atoms with E-state index in [9.17, 15) is 9.90 Å². The molecule has 0 saturated carbocycles. The molecule has 2 heterocycles. The molecule has 0 aliphatic carbocycles. The maximum absolute atomic E-state index is 13.0. The van der Waals surface area contributed by atoms with Crippen LogP contribution >= 0.6 is 0 Å². The number of piperazine rings is 1. The predicted molar refractivity (Wildman–Crippen MR) is 137 cm³/mol. The zero-order chi connectivity index (χ0) is 24.6. The minimum Gasteiger partial charge on any atom is -0.508 e. The predicted octanol–water partition coefficient (Wildman–Crippen LogP) is 2.79. The van der Waals surface area contributed by atoms with Gasteiger partial charge in [-0.05, 0) is 38.1 Å². The van der Waals surface area contributed by atoms with Crippen LogP contribution in [0.25, 0.3) is 0 Å². The molecule has 190 valence electrons. The summed E-state index contributed by atoms with van der Waals surface area (Å²) in [4.78, 5) is 19.6. The van der Waals surface area contributed by atoms with Crippen LogP contribution in [0.4, 0.5) is 17.1 Å². The summed E-state index contributed by atoms with van der Waals surface area (Å²) in [5.41, 5.74) is 2.67. The number of aromatic hydroxyl groups is 1. The van der Waals surface area contributed by atoms with E-state index in [2.05, 4.69) is 20.0 Å². The second-order valence-corrected chi connectivity index (χ2v) is 8.61. The Kier molecular flexibility index (Phi) is 8.54. The van der Waals surface area contributed by atoms with Gasteiger partial charge < -0.3 is 34.4 Å². The van der Waals surface area contributed by atoms with E-state index in [4.69, 9.17) is 14.2 Å². The Morgan fingerprint density at radius 3 is 2.23 bits per heavy atom. The van der Waals surface area contributed by atoms with Gasteiger partial charge in [0.25, 0.3) is 0 Å². The van der Waals surface area contributed by atoms with E-state index in [-0.39, 0.29) is 11.7 Å². The maximum Gasteiger partial charge on any atom is 0.238 e. The molecule has 35 heavy (non-hydrogen) atoms. The molecule has 2 fully saturated rings. The summed E-state index contributed by atoms with van der Waals surface area (Å²) < 4.78 is 17.3. The van der Waals surface area contributed by atoms with E-state index in [0.29, 0.717) is 44.4 Å². The number of phenols is 1. The van der Waals surface area contributed by atoms with Gasteiger partial charge in [-0.3, -0.25) is 9.69 Å². The lowest BCUT2D eigenvalue weighted by Crippen LogP contribution is -2.48. The van der Waals surface area contributed by atoms with Crippen LogP contribution in [-0.2, 0) is 9.53 Å². The molecule has 0 radical (unpaired) electrons. The average Bonchev–Trinajstić information content (AvgIpc) is 2.87. The maximum atomic E-state index is 13.0. The number of phenolic OH excluding ortho intramolecular Hbond substituents is 1. The van der Waals surface area contributed by atoms with Crippen molar-refractivity contribution in [2.75, 3.05) is 87.4 Å². The summed E-state index contributed by atoms with van der Waals surface area (Å²) in [6, 6.07) is 11.1. The lowest BCUT2D eigenvalue weighted by molar-refractivity contribution is -0.117. The van der Waals surface area contributed by atoms with E-state index in [1.807, 2.05) is 38.1 Å². The molecule has 0 bridgehead atoms. The van der Waals surface area contributed by atoms with E-state index < -0.39 is 0 Å². The molecule has 4 rings (SSSR count). The van der Waals surface area contributed by atoms with Crippen molar-refractivity contribution in [3.05, 3.63) is 36.4 Å². The highest BCUT2D eigenvalue weighted by Crippen LogP contribution is 2.39. The molecule has 2 aliphatic rings. The Labute approximate surface area is 207 Å². The smallest absolute Gasteiger partial charge is 0.238 e. The summed E-state index contributed by atoms with van der Waals surface area (Å²) in [7, 11) is 0. The van der Waals surface area contributed by atoms with Crippen molar-refractivity contribution in [3.63, 3.8) is 0 Å². The summed E-state index contributed by atoms with van der Waals surface area (Å²) in [5.74, 6) is 1.56. The Morgan fingerprint density at radius 1 is 0.914 bits per heavy atom. The molecule has 1 amide bonds. The third-order valence-corrected chi connectivity index (χ3v) is 6.24. The van der Waals surface area contributed by atoms with Gasteiger partial charge >= 0.3 is 0 Å². The summed E-state index contributed by atoms with van der Waals surface area (Å²) >= 11 is 0. The first-order chi connectivity index (χ1) is 17.1. The van der Waals surface area contributed by atoms with Gasteiger partial charge in [0.05, 0.1) is 44.3 Å². The number of carbonyl (C=O) groups excluding carboxylic acids is 1. The van der Waals surface area contributed by atoms with E-state index in [1.165, 1.54) is 0 Å². The third kappa shape index (κ3) is 6.49. The highest BCUT2D eigenvalue weighted by Gasteiger charge is 2.23. The Hall–Kier alpha value is -3.17. The van der Waals surface area contributed by atoms with Crippen molar-refractivity contribution in [1.29, 1.82) is 0 Å². The molecule has 0 atom stereocenters. The number of amides is 1. The van der Waals surface area contributed by atoms with Crippen LogP contribution in [-0.4, -0.2) is 88.2 Å². The first-order valence-electron chi connectivity index (χ1n) is 12.4. The number of rotatable bonds is 9. The first-order valence-corrected chi connectivity index (χ1v) is 12.4. The molecule has 2 aliphatic heterocycles. The highest BCUT2D eigenvalue weighted by atomic mass is 16.5. The van der Waals surface area contributed by atoms with Crippen molar-refractivity contribution in [3.8, 4) is 17.2 Å². The highest BCUT2D eigenvalue weighted by molar-refractivity contribution is 5.94. The fourth-order valence-electron chi connectivity index (χ4n) is 4.46. The van der Waals surface area contributed by atoms with E-state index in [0.717, 1.165) is 56.4 Å². The minimum absolute atomic E-state index is 0.0781. The second-order valence-electron chi connectivity index (χ2n) is 8.61. The number of benzene rings is 2. The lowest BCUT2D eigenvalue weighted by atomic mass is 10.2. The van der Waals surface area contributed by atoms with Gasteiger partial charge in [-0.25, -0.2) is 0 Å². The topological polar surface area (TPSA) is 86.7 Å². The molecular weight excluding hydrogens is 448 g/mol. The van der Waals surface area contributed by atoms with Crippen LogP contribution < -0.4 is 24.6 Å². The number of hydrogen-bond acceptors (Lipinski definition) is 8. The molecule has 9 heteroatoms. The van der Waals surface area contributed by atoms with Crippen molar-refractivity contribution >= 4 is 23.0 Å². The normalized spacial score (nSPS) is 16.7. The van der Waals surface area contributed by atoms with E-state index >= 15 is 0 Å². The molecule has 2 N–H and O–H groups in total. The number of anilines is 3. The Morgan fingerprint density at radius 2 is 1.57 bits per heavy atom. The molecule has 2 aromatic carbocycles. The molecular formula is C26H36N4O5. The number of ether oxygens (including phenoxy) is 3. The molecule has 0 unspecified atom stereocenters. The Bertz CT molecular complexity index is 970. The average molecular weight is 485 g/mol. The van der Waals surface area contributed by atoms with Gasteiger partial charge in [0, 0.05) is 57.1 Å². The SMILES string of the molecule is CCOc1cc(N2CCOCC2)c(OCC)cc1NC(=O)CN1CCN(c2ccc(O)cc2)CC1. The van der Waals surface area contributed by atoms with Gasteiger partial charge in [-0.1, -0.05) is 0 Å². The van der Waals surface area contributed by atoms with Crippen molar-refractivity contribution in [2.45, 2.75) is 13.8 Å². The molecule has 2 aromatic rings. The number of morpholine rings is 1. The Balaban J connectivity index is 1.40. The molecule has 0 aromatic heterocycles. The fraction of sp³-hybridized carbons (Fsp3) is 0.500. The van der Waals surface area contributed by atoms with Crippen molar-refractivity contribution in [2.24, 2.45) is 0 Å². The number of nitrogens with zero attached hydrogens (tertiary/aromatic N) is 3. The number of carbonyl (C=O) groups is 1. The van der Waals surface area contributed by atoms with Crippen LogP contribution in [0.2, 0.25) is 0 Å². The summed E-state index contributed by atoms with van der Waals surface area (Å²) in [5, 5.41) is 12.6. The third-order valence-electron chi connectivity index (χ3n) is 6.24. The lowest BCUT2D eigenvalue weighted by Gasteiger charge is -2.35. The van der Waals surface area contributed by atoms with Gasteiger partial charge in [0.15, 0.2) is 0 Å². The quantitative estimate of drug-likeness (QED) is 0.562. The summed E-state index contributed by atoms with van der Waals surface area (Å²) in [6.07, 6.45) is 0. The largest absolute Gasteiger partial charge is 0.508 e. The van der Waals surface area contributed by atoms with Crippen LogP contribution in [0, 0.1) is 0 Å². The zero-order valence-electron chi connectivity index (χ0n) is 20.7. The van der Waals surface area contributed by atoms with Crippen LogP contribution in [0.5, 0.6) is 17.2 Å². The molecule has 9 nitrogen and oxygen atoms in total. The number of nitrogens with one attached hydrogen (secondary N) is 1. The number of hydrogen-bond donors (Lipinski definition) is 2. The van der Waals surface area contributed by atoms with Crippen LogP contribution in [0.3, 0.4) is 0 Å². The second kappa shape index (κ2) is 12.0. The molecule has 2 saturated heterocycles. The van der Waals surface area contributed by atoms with Crippen LogP contribution in [0.15, 0.2) is 36.4 Å². The fourth-order valence-corrected chi connectivity index (χ4v) is 4.46. The van der Waals surface area contributed by atoms with Gasteiger partial charge in [0.2, 0.25) is 5.91 Å². The summed E-state index contributed by atoms with van der Waals surface area (Å²) in [6.45, 7) is 11.4. The minimum atomic E-state index is -0.0781. The first kappa shape index (κ1) is 24.9. The van der Waals surface area contributed by atoms with E-state index in [1.54, 1.807) is 12.1 Å². The van der Waals surface area contributed by atoms with Gasteiger partial charge in [-0.2, -0.15) is 0 Å². The standard InChI is InChI=1S/C26H36N4O5/c1-3-34-24-18-23(30-13-15-33-16-14-30)25(35-4-2)17-22(24)27-26(32)19-28-9-11-29(12-10-28)20-5-7-21(31)8-6-20/h5-8,17-18,31H,3-4,9-16,19H2,1-2H3,(H,27,32). The van der Waals surface area contributed by atoms with Crippen molar-refractivity contribution < 1.29 is 24.1 Å². The monoisotopic (exact) mass is 484 g/mol. The molecule has 0 spiro atoms. The van der Waals surface area contributed by atoms with Crippen molar-refractivity contribution in [1.82, 2.24) is 4.90 Å².